The minimum atomic E-state index is -0.125. The van der Waals surface area contributed by atoms with Crippen molar-refractivity contribution in [1.82, 2.24) is 10.3 Å². The van der Waals surface area contributed by atoms with Crippen LogP contribution in [0.25, 0.3) is 0 Å². The molecular weight excluding hydrogens is 350 g/mol. The van der Waals surface area contributed by atoms with Gasteiger partial charge in [0, 0.05) is 22.6 Å². The van der Waals surface area contributed by atoms with Crippen LogP contribution in [0, 0.1) is 5.92 Å². The third kappa shape index (κ3) is 3.83. The van der Waals surface area contributed by atoms with Crippen molar-refractivity contribution < 1.29 is 4.79 Å². The van der Waals surface area contributed by atoms with Crippen LogP contribution in [0.2, 0.25) is 0 Å². The average molecular weight is 368 g/mol. The first-order valence-corrected chi connectivity index (χ1v) is 8.37. The summed E-state index contributed by atoms with van der Waals surface area (Å²) in [6.45, 7) is 4.20. The largest absolute Gasteiger partial charge is 0.372 e. The van der Waals surface area contributed by atoms with Gasteiger partial charge in [-0.15, -0.1) is 11.3 Å². The smallest absolute Gasteiger partial charge is 0.255 e. The summed E-state index contributed by atoms with van der Waals surface area (Å²) in [4.78, 5) is 18.0. The van der Waals surface area contributed by atoms with Crippen molar-refractivity contribution in [2.75, 3.05) is 12.4 Å². The number of nitrogens with zero attached hydrogens (tertiary/aromatic N) is 1. The molecule has 0 aliphatic rings. The second-order valence-corrected chi connectivity index (χ2v) is 6.91. The highest BCUT2D eigenvalue weighted by Crippen LogP contribution is 2.27. The molecule has 2 aromatic rings. The standard InChI is InChI=1S/C15H18BrN3OS/c1-9(2)13(12-5-4-6-21-12)19-15(20)11-7-10(16)8-18-14(11)17-3/h4-9,13H,1-3H3,(H,17,18)(H,19,20). The molecular formula is C15H18BrN3OS. The maximum absolute atomic E-state index is 12.6. The van der Waals surface area contributed by atoms with E-state index < -0.39 is 0 Å². The van der Waals surface area contributed by atoms with Gasteiger partial charge in [0.2, 0.25) is 0 Å². The van der Waals surface area contributed by atoms with Crippen LogP contribution in [0.15, 0.2) is 34.2 Å². The molecule has 2 N–H and O–H groups in total. The third-order valence-corrected chi connectivity index (χ3v) is 4.53. The van der Waals surface area contributed by atoms with Gasteiger partial charge in [0.1, 0.15) is 5.82 Å². The number of halogens is 1. The molecule has 21 heavy (non-hydrogen) atoms. The van der Waals surface area contributed by atoms with Crippen molar-refractivity contribution in [1.29, 1.82) is 0 Å². The maximum atomic E-state index is 12.6. The van der Waals surface area contributed by atoms with E-state index in [-0.39, 0.29) is 11.9 Å². The fraction of sp³-hybridized carbons (Fsp3) is 0.333. The Labute approximate surface area is 137 Å². The molecule has 0 aliphatic carbocycles. The summed E-state index contributed by atoms with van der Waals surface area (Å²) in [5.41, 5.74) is 0.536. The fourth-order valence-electron chi connectivity index (χ4n) is 2.07. The van der Waals surface area contributed by atoms with Crippen molar-refractivity contribution in [3.8, 4) is 0 Å². The van der Waals surface area contributed by atoms with Gasteiger partial charge in [-0.2, -0.15) is 0 Å². The molecule has 0 aromatic carbocycles. The first kappa shape index (κ1) is 16.0. The Kier molecular flexibility index (Phi) is 5.36. The van der Waals surface area contributed by atoms with Gasteiger partial charge in [-0.1, -0.05) is 19.9 Å². The van der Waals surface area contributed by atoms with E-state index in [1.165, 1.54) is 0 Å². The number of amides is 1. The maximum Gasteiger partial charge on any atom is 0.255 e. The highest BCUT2D eigenvalue weighted by Gasteiger charge is 2.22. The Morgan fingerprint density at radius 1 is 1.43 bits per heavy atom. The SMILES string of the molecule is CNc1ncc(Br)cc1C(=O)NC(c1cccs1)C(C)C. The van der Waals surface area contributed by atoms with Crippen LogP contribution in [0.5, 0.6) is 0 Å². The lowest BCUT2D eigenvalue weighted by atomic mass is 10.0. The van der Waals surface area contributed by atoms with Gasteiger partial charge < -0.3 is 10.6 Å². The van der Waals surface area contributed by atoms with Gasteiger partial charge in [-0.25, -0.2) is 4.98 Å². The molecule has 1 atom stereocenters. The molecule has 0 bridgehead atoms. The van der Waals surface area contributed by atoms with Crippen molar-refractivity contribution in [2.24, 2.45) is 5.92 Å². The predicted molar refractivity (Wildman–Crippen MR) is 90.8 cm³/mol. The van der Waals surface area contributed by atoms with Crippen LogP contribution >= 0.6 is 27.3 Å². The minimum absolute atomic E-state index is 0.00110. The molecule has 0 spiro atoms. The number of hydrogen-bond donors (Lipinski definition) is 2. The Bertz CT molecular complexity index is 613. The normalized spacial score (nSPS) is 12.2. The molecule has 1 amide bonds. The highest BCUT2D eigenvalue weighted by atomic mass is 79.9. The van der Waals surface area contributed by atoms with E-state index in [2.05, 4.69) is 45.4 Å². The zero-order valence-electron chi connectivity index (χ0n) is 12.2. The van der Waals surface area contributed by atoms with E-state index in [1.54, 1.807) is 30.6 Å². The number of rotatable bonds is 5. The van der Waals surface area contributed by atoms with E-state index in [0.717, 1.165) is 9.35 Å². The molecule has 4 nitrogen and oxygen atoms in total. The van der Waals surface area contributed by atoms with Gasteiger partial charge in [-0.05, 0) is 39.4 Å². The molecule has 0 saturated carbocycles. The average Bonchev–Trinajstić information content (AvgIpc) is 2.97. The molecule has 6 heteroatoms. The molecule has 0 fully saturated rings. The minimum Gasteiger partial charge on any atom is -0.372 e. The lowest BCUT2D eigenvalue weighted by Crippen LogP contribution is -2.31. The first-order valence-electron chi connectivity index (χ1n) is 6.70. The summed E-state index contributed by atoms with van der Waals surface area (Å²) in [6, 6.07) is 5.83. The molecule has 2 heterocycles. The summed E-state index contributed by atoms with van der Waals surface area (Å²) in [7, 11) is 1.76. The number of carbonyl (C=O) groups excluding carboxylic acids is 1. The molecule has 1 unspecified atom stereocenters. The van der Waals surface area contributed by atoms with E-state index in [0.29, 0.717) is 17.3 Å². The highest BCUT2D eigenvalue weighted by molar-refractivity contribution is 9.10. The summed E-state index contributed by atoms with van der Waals surface area (Å²) in [6.07, 6.45) is 1.67. The Morgan fingerprint density at radius 2 is 2.19 bits per heavy atom. The summed E-state index contributed by atoms with van der Waals surface area (Å²) in [5.74, 6) is 0.760. The van der Waals surface area contributed by atoms with E-state index in [1.807, 2.05) is 17.5 Å². The van der Waals surface area contributed by atoms with Crippen LogP contribution in [0.1, 0.15) is 35.1 Å². The van der Waals surface area contributed by atoms with Crippen LogP contribution in [0.4, 0.5) is 5.82 Å². The van der Waals surface area contributed by atoms with E-state index in [9.17, 15) is 4.79 Å². The lowest BCUT2D eigenvalue weighted by molar-refractivity contribution is 0.0927. The van der Waals surface area contributed by atoms with Crippen LogP contribution in [-0.4, -0.2) is 17.9 Å². The quantitative estimate of drug-likeness (QED) is 0.836. The van der Waals surface area contributed by atoms with Crippen molar-refractivity contribution in [3.05, 3.63) is 44.7 Å². The number of aromatic nitrogens is 1. The second-order valence-electron chi connectivity index (χ2n) is 5.01. The molecule has 0 radical (unpaired) electrons. The number of carbonyl (C=O) groups is 1. The van der Waals surface area contributed by atoms with Gasteiger partial charge in [-0.3, -0.25) is 4.79 Å². The van der Waals surface area contributed by atoms with Gasteiger partial charge >= 0.3 is 0 Å². The molecule has 0 aliphatic heterocycles. The van der Waals surface area contributed by atoms with Crippen LogP contribution in [-0.2, 0) is 0 Å². The second kappa shape index (κ2) is 7.04. The Balaban J connectivity index is 2.26. The number of anilines is 1. The third-order valence-electron chi connectivity index (χ3n) is 3.14. The Hall–Kier alpha value is -1.40. The Morgan fingerprint density at radius 3 is 2.76 bits per heavy atom. The van der Waals surface area contributed by atoms with E-state index in [4.69, 9.17) is 0 Å². The monoisotopic (exact) mass is 367 g/mol. The zero-order chi connectivity index (χ0) is 15.4. The predicted octanol–water partition coefficient (Wildman–Crippen LogP) is 4.07. The lowest BCUT2D eigenvalue weighted by Gasteiger charge is -2.22. The van der Waals surface area contributed by atoms with Crippen molar-refractivity contribution in [3.63, 3.8) is 0 Å². The fourth-order valence-corrected chi connectivity index (χ4v) is 3.35. The topological polar surface area (TPSA) is 54.0 Å². The molecule has 2 rings (SSSR count). The zero-order valence-corrected chi connectivity index (χ0v) is 14.6. The summed E-state index contributed by atoms with van der Waals surface area (Å²) < 4.78 is 0.781. The van der Waals surface area contributed by atoms with E-state index >= 15 is 0 Å². The van der Waals surface area contributed by atoms with Crippen molar-refractivity contribution >= 4 is 39.0 Å². The summed E-state index contributed by atoms with van der Waals surface area (Å²) in [5, 5.41) is 8.08. The van der Waals surface area contributed by atoms with Crippen LogP contribution < -0.4 is 10.6 Å². The first-order chi connectivity index (χ1) is 10.0. The van der Waals surface area contributed by atoms with Gasteiger partial charge in [0.15, 0.2) is 0 Å². The number of thiophene rings is 1. The number of pyridine rings is 1. The number of hydrogen-bond acceptors (Lipinski definition) is 4. The number of nitrogens with one attached hydrogen (secondary N) is 2. The van der Waals surface area contributed by atoms with Gasteiger partial charge in [0.05, 0.1) is 11.6 Å². The van der Waals surface area contributed by atoms with Crippen molar-refractivity contribution in [2.45, 2.75) is 19.9 Å². The summed E-state index contributed by atoms with van der Waals surface area (Å²) >= 11 is 5.01. The van der Waals surface area contributed by atoms with Gasteiger partial charge in [0.25, 0.3) is 5.91 Å². The molecule has 2 aromatic heterocycles. The molecule has 112 valence electrons. The van der Waals surface area contributed by atoms with Crippen LogP contribution in [0.3, 0.4) is 0 Å². The molecule has 0 saturated heterocycles.